The first-order chi connectivity index (χ1) is 15.5. The Labute approximate surface area is 198 Å². The molecular weight excluding hydrogens is 460 g/mol. The summed E-state index contributed by atoms with van der Waals surface area (Å²) in [5, 5.41) is 5.43. The number of ether oxygens (including phenoxy) is 1. The Hall–Kier alpha value is -2.42. The van der Waals surface area contributed by atoms with Gasteiger partial charge in [0.05, 0.1) is 28.8 Å². The van der Waals surface area contributed by atoms with Crippen molar-refractivity contribution >= 4 is 56.4 Å². The highest BCUT2D eigenvalue weighted by atomic mass is 32.2. The molecule has 1 aromatic carbocycles. The topological polar surface area (TPSA) is 68.3 Å². The fraction of sp³-hybridized carbons (Fsp3) is 0.292. The molecule has 0 radical (unpaired) electrons. The van der Waals surface area contributed by atoms with E-state index in [1.807, 2.05) is 25.1 Å². The van der Waals surface area contributed by atoms with Gasteiger partial charge in [0.25, 0.3) is 0 Å². The van der Waals surface area contributed by atoms with E-state index in [-0.39, 0.29) is 17.7 Å². The summed E-state index contributed by atoms with van der Waals surface area (Å²) in [6, 6.07) is 10.3. The highest BCUT2D eigenvalue weighted by Gasteiger charge is 2.39. The van der Waals surface area contributed by atoms with Gasteiger partial charge in [0.2, 0.25) is 0 Å². The smallest absolute Gasteiger partial charge is 0.336 e. The Bertz CT molecular complexity index is 1250. The van der Waals surface area contributed by atoms with Crippen molar-refractivity contribution in [1.29, 1.82) is 0 Å². The molecular formula is C24H22N2O3S3. The van der Waals surface area contributed by atoms with Crippen molar-refractivity contribution in [2.45, 2.75) is 42.2 Å². The number of thiazole rings is 1. The number of esters is 1. The largest absolute Gasteiger partial charge is 0.466 e. The number of hydrogen-bond acceptors (Lipinski definition) is 8. The van der Waals surface area contributed by atoms with Crippen LogP contribution in [0.2, 0.25) is 0 Å². The minimum absolute atomic E-state index is 0.122. The van der Waals surface area contributed by atoms with Gasteiger partial charge in [-0.2, -0.15) is 0 Å². The number of hydrogen-bond donors (Lipinski definition) is 1. The summed E-state index contributed by atoms with van der Waals surface area (Å²) in [6.45, 7) is 1.89. The molecule has 5 rings (SSSR count). The van der Waals surface area contributed by atoms with E-state index >= 15 is 0 Å². The lowest BCUT2D eigenvalue weighted by atomic mass is 9.78. The first kappa shape index (κ1) is 21.4. The van der Waals surface area contributed by atoms with Gasteiger partial charge in [-0.15, -0.1) is 22.7 Å². The molecule has 3 heterocycles. The van der Waals surface area contributed by atoms with Gasteiger partial charge in [0.1, 0.15) is 0 Å². The quantitative estimate of drug-likeness (QED) is 0.367. The molecule has 0 unspecified atom stereocenters. The van der Waals surface area contributed by atoms with Crippen molar-refractivity contribution in [1.82, 2.24) is 10.3 Å². The van der Waals surface area contributed by atoms with Crippen LogP contribution in [0.15, 0.2) is 62.6 Å². The summed E-state index contributed by atoms with van der Waals surface area (Å²) in [4.78, 5) is 31.3. The summed E-state index contributed by atoms with van der Waals surface area (Å²) in [7, 11) is 1.39. The van der Waals surface area contributed by atoms with E-state index in [0.717, 1.165) is 50.3 Å². The van der Waals surface area contributed by atoms with E-state index in [4.69, 9.17) is 9.72 Å². The maximum Gasteiger partial charge on any atom is 0.336 e. The monoisotopic (exact) mass is 482 g/mol. The van der Waals surface area contributed by atoms with E-state index in [0.29, 0.717) is 12.0 Å². The van der Waals surface area contributed by atoms with Gasteiger partial charge in [-0.05, 0) is 48.9 Å². The molecule has 164 valence electrons. The van der Waals surface area contributed by atoms with Crippen LogP contribution in [0.4, 0.5) is 0 Å². The van der Waals surface area contributed by atoms with E-state index in [1.54, 1.807) is 34.4 Å². The van der Waals surface area contributed by atoms with E-state index in [9.17, 15) is 9.59 Å². The van der Waals surface area contributed by atoms with Crippen LogP contribution in [0, 0.1) is 0 Å². The second-order valence-electron chi connectivity index (χ2n) is 7.85. The van der Waals surface area contributed by atoms with Crippen molar-refractivity contribution in [2.75, 3.05) is 7.11 Å². The zero-order valence-electron chi connectivity index (χ0n) is 17.8. The highest BCUT2D eigenvalue weighted by molar-refractivity contribution is 8.00. The maximum absolute atomic E-state index is 12.9. The van der Waals surface area contributed by atoms with Gasteiger partial charge < -0.3 is 10.1 Å². The van der Waals surface area contributed by atoms with Gasteiger partial charge in [-0.3, -0.25) is 4.79 Å². The van der Waals surface area contributed by atoms with Crippen molar-refractivity contribution in [2.24, 2.45) is 0 Å². The van der Waals surface area contributed by atoms with Crippen LogP contribution in [0.5, 0.6) is 0 Å². The second kappa shape index (κ2) is 8.84. The Balaban J connectivity index is 1.44. The first-order valence-corrected chi connectivity index (χ1v) is 13.1. The number of para-hydroxylation sites is 1. The number of thioether (sulfide) groups is 1. The van der Waals surface area contributed by atoms with Crippen LogP contribution in [-0.4, -0.2) is 23.8 Å². The van der Waals surface area contributed by atoms with E-state index < -0.39 is 0 Å². The summed E-state index contributed by atoms with van der Waals surface area (Å²) in [5.74, 6) is 0.162. The predicted molar refractivity (Wildman–Crippen MR) is 130 cm³/mol. The number of carbonyl (C=O) groups is 2. The number of nitrogens with zero attached hydrogens (tertiary/aromatic N) is 1. The van der Waals surface area contributed by atoms with Crippen molar-refractivity contribution in [3.8, 4) is 0 Å². The molecule has 1 atom stereocenters. The number of carbonyl (C=O) groups excluding carboxylic acids is 2. The molecule has 2 aliphatic rings. The fourth-order valence-corrected chi connectivity index (χ4v) is 7.46. The molecule has 2 aromatic heterocycles. The average molecular weight is 483 g/mol. The maximum atomic E-state index is 12.9. The van der Waals surface area contributed by atoms with E-state index in [1.165, 1.54) is 17.4 Å². The number of methoxy groups -OCH3 is 1. The van der Waals surface area contributed by atoms with Crippen LogP contribution in [0.25, 0.3) is 10.2 Å². The average Bonchev–Trinajstić information content (AvgIpc) is 3.43. The summed E-state index contributed by atoms with van der Waals surface area (Å²) < 4.78 is 7.32. The Morgan fingerprint density at radius 2 is 2.16 bits per heavy atom. The number of dihydropyridines is 1. The van der Waals surface area contributed by atoms with Gasteiger partial charge in [-0.1, -0.05) is 23.9 Å². The molecule has 0 amide bonds. The number of Topliss-reactive ketones (excluding diaryl/α,β-unsaturated/α-hetero) is 1. The van der Waals surface area contributed by atoms with Gasteiger partial charge >= 0.3 is 5.97 Å². The molecule has 0 spiro atoms. The minimum atomic E-state index is -0.385. The molecule has 0 bridgehead atoms. The van der Waals surface area contributed by atoms with Crippen molar-refractivity contribution in [3.05, 3.63) is 68.7 Å². The number of thiophene rings is 1. The zero-order valence-corrected chi connectivity index (χ0v) is 20.2. The molecule has 32 heavy (non-hydrogen) atoms. The third-order valence-corrected chi connectivity index (χ3v) is 9.07. The van der Waals surface area contributed by atoms with Gasteiger partial charge in [-0.25, -0.2) is 9.78 Å². The summed E-state index contributed by atoms with van der Waals surface area (Å²) >= 11 is 5.02. The highest BCUT2D eigenvalue weighted by Crippen LogP contribution is 2.45. The van der Waals surface area contributed by atoms with Crippen LogP contribution in [-0.2, 0) is 20.1 Å². The minimum Gasteiger partial charge on any atom is -0.466 e. The van der Waals surface area contributed by atoms with Crippen LogP contribution >= 0.6 is 34.4 Å². The number of rotatable bonds is 5. The standard InChI is InChI=1S/C24H22N2O3S3/c1-13-20(23(28)29-2)22(21-16(25-13)7-5-8-17(21)27)19-10-14(11-30-19)12-31-24-26-15-6-3-4-9-18(15)32-24/h3-4,6,9-11,22,25H,5,7-8,12H2,1-2H3/t22-/m1/s1. The molecule has 5 nitrogen and oxygen atoms in total. The first-order valence-electron chi connectivity index (χ1n) is 10.4. The normalized spacial score (nSPS) is 18.7. The third kappa shape index (κ3) is 3.91. The number of nitrogens with one attached hydrogen (secondary N) is 1. The van der Waals surface area contributed by atoms with Crippen molar-refractivity contribution in [3.63, 3.8) is 0 Å². The lowest BCUT2D eigenvalue weighted by Crippen LogP contribution is -2.33. The third-order valence-electron chi connectivity index (χ3n) is 5.78. The molecule has 8 heteroatoms. The number of benzene rings is 1. The van der Waals surface area contributed by atoms with Crippen LogP contribution in [0.1, 0.15) is 42.5 Å². The Morgan fingerprint density at radius 1 is 1.31 bits per heavy atom. The molecule has 1 aliphatic carbocycles. The molecule has 0 saturated carbocycles. The van der Waals surface area contributed by atoms with Crippen LogP contribution < -0.4 is 5.32 Å². The SMILES string of the molecule is COC(=O)C1=C(C)NC2=C(C(=O)CCC2)[C@@H]1c1cc(CSc2nc3ccccc3s2)cs1. The lowest BCUT2D eigenvalue weighted by Gasteiger charge is -2.33. The van der Waals surface area contributed by atoms with E-state index in [2.05, 4.69) is 22.8 Å². The fourth-order valence-electron chi connectivity index (χ4n) is 4.33. The molecule has 0 fully saturated rings. The van der Waals surface area contributed by atoms with Crippen LogP contribution in [0.3, 0.4) is 0 Å². The molecule has 3 aromatic rings. The van der Waals surface area contributed by atoms with Gasteiger partial charge in [0, 0.05) is 34.0 Å². The number of aromatic nitrogens is 1. The Kier molecular flexibility index (Phi) is 5.92. The summed E-state index contributed by atoms with van der Waals surface area (Å²) in [5.41, 5.74) is 5.19. The Morgan fingerprint density at radius 3 is 2.97 bits per heavy atom. The van der Waals surface area contributed by atoms with Crippen molar-refractivity contribution < 1.29 is 14.3 Å². The molecule has 1 aliphatic heterocycles. The number of ketones is 1. The number of fused-ring (bicyclic) bond motifs is 1. The molecule has 1 N–H and O–H groups in total. The summed E-state index contributed by atoms with van der Waals surface area (Å²) in [6.07, 6.45) is 2.19. The molecule has 0 saturated heterocycles. The zero-order chi connectivity index (χ0) is 22.2. The lowest BCUT2D eigenvalue weighted by molar-refractivity contribution is -0.136. The predicted octanol–water partition coefficient (Wildman–Crippen LogP) is 5.79. The van der Waals surface area contributed by atoms with Gasteiger partial charge in [0.15, 0.2) is 10.1 Å². The number of allylic oxidation sites excluding steroid dienone is 3. The second-order valence-corrected chi connectivity index (χ2v) is 11.0.